The van der Waals surface area contributed by atoms with Crippen LogP contribution in [0, 0.1) is 0 Å². The molecule has 0 saturated heterocycles. The van der Waals surface area contributed by atoms with Crippen LogP contribution in [0.15, 0.2) is 0 Å². The van der Waals surface area contributed by atoms with E-state index in [1.807, 2.05) is 0 Å². The Morgan fingerprint density at radius 1 is 0.560 bits per heavy atom. The topological polar surface area (TPSA) is 26.3 Å². The van der Waals surface area contributed by atoms with Gasteiger partial charge in [0, 0.05) is 6.92 Å². The summed E-state index contributed by atoms with van der Waals surface area (Å²) < 4.78 is 4.93. The van der Waals surface area contributed by atoms with Crippen molar-refractivity contribution in [2.45, 2.75) is 129 Å². The first-order chi connectivity index (χ1) is 11.8. The molecule has 0 fully saturated rings. The van der Waals surface area contributed by atoms with E-state index in [1.54, 1.807) is 0 Å². The molecule has 0 aromatic heterocycles. The molecule has 3 heteroatoms. The van der Waals surface area contributed by atoms with Crippen molar-refractivity contribution in [1.82, 2.24) is 0 Å². The van der Waals surface area contributed by atoms with Gasteiger partial charge in [-0.2, -0.15) is 0 Å². The van der Waals surface area contributed by atoms with Gasteiger partial charge in [-0.1, -0.05) is 116 Å². The summed E-state index contributed by atoms with van der Waals surface area (Å²) in [6, 6.07) is 0. The summed E-state index contributed by atoms with van der Waals surface area (Å²) >= 11 is 0. The van der Waals surface area contributed by atoms with Crippen molar-refractivity contribution in [3.63, 3.8) is 0 Å². The molecule has 0 aromatic carbocycles. The third-order valence-corrected chi connectivity index (χ3v) is 4.80. The van der Waals surface area contributed by atoms with E-state index in [-0.39, 0.29) is 57.4 Å². The minimum atomic E-state index is -0.151. The van der Waals surface area contributed by atoms with Crippen molar-refractivity contribution in [1.29, 1.82) is 0 Å². The molecule has 0 aromatic rings. The average molecular weight is 381 g/mol. The molecule has 0 saturated carbocycles. The van der Waals surface area contributed by atoms with Crippen LogP contribution >= 0.6 is 0 Å². The van der Waals surface area contributed by atoms with Crippen molar-refractivity contribution < 1.29 is 9.53 Å². The fourth-order valence-electron chi connectivity index (χ4n) is 3.22. The summed E-state index contributed by atoms with van der Waals surface area (Å²) in [5.74, 6) is -0.151. The van der Waals surface area contributed by atoms with Crippen molar-refractivity contribution in [2.75, 3.05) is 6.61 Å². The van der Waals surface area contributed by atoms with Gasteiger partial charge in [0.2, 0.25) is 0 Å². The van der Waals surface area contributed by atoms with Gasteiger partial charge in [-0.3, -0.25) is 4.79 Å². The van der Waals surface area contributed by atoms with E-state index >= 15 is 0 Å². The number of carbonyl (C=O) groups is 1. The van der Waals surface area contributed by atoms with E-state index in [4.69, 9.17) is 4.74 Å². The first-order valence-electron chi connectivity index (χ1n) is 10.9. The molecule has 0 radical (unpaired) electrons. The monoisotopic (exact) mass is 380 g/mol. The van der Waals surface area contributed by atoms with Crippen LogP contribution in [0.5, 0.6) is 0 Å². The molecule has 0 bridgehead atoms. The molecular weight excluding hydrogens is 335 g/mol. The van der Waals surface area contributed by atoms with Crippen LogP contribution in [-0.2, 0) is 9.53 Å². The van der Waals surface area contributed by atoms with Gasteiger partial charge in [0.25, 0.3) is 0 Å². The van der Waals surface area contributed by atoms with Gasteiger partial charge in [0.1, 0.15) is 0 Å². The van der Waals surface area contributed by atoms with Crippen molar-refractivity contribution >= 4 is 57.4 Å². The second-order valence-corrected chi connectivity index (χ2v) is 7.35. The van der Waals surface area contributed by atoms with E-state index in [0.29, 0.717) is 6.61 Å². The quantitative estimate of drug-likeness (QED) is 0.138. The molecule has 0 aliphatic carbocycles. The van der Waals surface area contributed by atoms with Gasteiger partial charge in [0.15, 0.2) is 0 Å². The molecule has 0 N–H and O–H groups in total. The number of ether oxygens (including phenoxy) is 1. The zero-order valence-corrected chi connectivity index (χ0v) is 16.8. The van der Waals surface area contributed by atoms with E-state index in [2.05, 4.69) is 6.92 Å². The van der Waals surface area contributed by atoms with Gasteiger partial charge in [-0.25, -0.2) is 0 Å². The van der Waals surface area contributed by atoms with Gasteiger partial charge >= 0.3 is 57.4 Å². The van der Waals surface area contributed by atoms with E-state index in [0.717, 1.165) is 6.42 Å². The molecule has 2 nitrogen and oxygen atoms in total. The van der Waals surface area contributed by atoms with Crippen LogP contribution in [0.1, 0.15) is 129 Å². The van der Waals surface area contributed by atoms with Crippen LogP contribution in [0.25, 0.3) is 0 Å². The zero-order chi connectivity index (χ0) is 17.7. The summed E-state index contributed by atoms with van der Waals surface area (Å²) in [7, 11) is 0. The number of unbranched alkanes of at least 4 members (excludes halogenated alkanes) is 17. The third-order valence-electron chi connectivity index (χ3n) is 4.80. The number of carbonyl (C=O) groups excluding carboxylic acids is 1. The molecule has 0 aliphatic rings. The fourth-order valence-corrected chi connectivity index (χ4v) is 3.22. The van der Waals surface area contributed by atoms with Crippen molar-refractivity contribution in [3.8, 4) is 0 Å². The Balaban J connectivity index is 0. The maximum absolute atomic E-state index is 10.6. The molecule has 0 amide bonds. The number of hydrogen-bond donors (Lipinski definition) is 0. The number of esters is 1. The standard InChI is InChI=1S/C22H44O2.K.H/c1-3-4-5-6-7-8-9-10-11-12-13-14-15-16-17-18-19-20-21-24-22(2)23;;/h3-21H2,1-2H3;;. The SMILES string of the molecule is CCCCCCCCCCCCCCCCCCCCOC(C)=O.[KH]. The van der Waals surface area contributed by atoms with Crippen LogP contribution in [0.3, 0.4) is 0 Å². The number of hydrogen-bond acceptors (Lipinski definition) is 2. The van der Waals surface area contributed by atoms with Crippen molar-refractivity contribution in [2.24, 2.45) is 0 Å². The first kappa shape index (κ1) is 28.3. The molecule has 0 heterocycles. The number of rotatable bonds is 19. The minimum absolute atomic E-state index is 0. The van der Waals surface area contributed by atoms with Crippen molar-refractivity contribution in [3.05, 3.63) is 0 Å². The van der Waals surface area contributed by atoms with Crippen LogP contribution in [-0.4, -0.2) is 64.0 Å². The Bertz CT molecular complexity index is 256. The Hall–Kier alpha value is 1.11. The van der Waals surface area contributed by atoms with E-state index in [1.165, 1.54) is 116 Å². The van der Waals surface area contributed by atoms with Crippen LogP contribution < -0.4 is 0 Å². The first-order valence-corrected chi connectivity index (χ1v) is 10.9. The van der Waals surface area contributed by atoms with Gasteiger partial charge < -0.3 is 4.74 Å². The predicted molar refractivity (Wildman–Crippen MR) is 113 cm³/mol. The van der Waals surface area contributed by atoms with Gasteiger partial charge in [0.05, 0.1) is 6.61 Å². The Kier molecular flexibility index (Phi) is 28.4. The normalized spacial score (nSPS) is 10.5. The zero-order valence-electron chi connectivity index (χ0n) is 16.8. The molecule has 0 rings (SSSR count). The van der Waals surface area contributed by atoms with Crippen LogP contribution in [0.4, 0.5) is 0 Å². The molecule has 0 aliphatic heterocycles. The van der Waals surface area contributed by atoms with Gasteiger partial charge in [-0.05, 0) is 6.42 Å². The molecule has 25 heavy (non-hydrogen) atoms. The molecular formula is C22H45KO2. The molecule has 0 unspecified atom stereocenters. The van der Waals surface area contributed by atoms with E-state index in [9.17, 15) is 4.79 Å². The second kappa shape index (κ2) is 25.1. The summed E-state index contributed by atoms with van der Waals surface area (Å²) in [4.78, 5) is 10.6. The average Bonchev–Trinajstić information content (AvgIpc) is 2.56. The Labute approximate surface area is 201 Å². The van der Waals surface area contributed by atoms with E-state index < -0.39 is 0 Å². The summed E-state index contributed by atoms with van der Waals surface area (Å²) in [5, 5.41) is 0. The fraction of sp³-hybridized carbons (Fsp3) is 0.955. The maximum atomic E-state index is 10.6. The van der Waals surface area contributed by atoms with Gasteiger partial charge in [-0.15, -0.1) is 0 Å². The Morgan fingerprint density at radius 2 is 0.840 bits per heavy atom. The molecule has 0 spiro atoms. The molecule has 146 valence electrons. The third kappa shape index (κ3) is 27.4. The summed E-state index contributed by atoms with van der Waals surface area (Å²) in [5.41, 5.74) is 0. The predicted octanol–water partition coefficient (Wildman–Crippen LogP) is 6.94. The Morgan fingerprint density at radius 3 is 1.12 bits per heavy atom. The van der Waals surface area contributed by atoms with Crippen LogP contribution in [0.2, 0.25) is 0 Å². The molecule has 0 atom stereocenters. The second-order valence-electron chi connectivity index (χ2n) is 7.35. The summed E-state index contributed by atoms with van der Waals surface area (Å²) in [6.07, 6.45) is 24.9. The summed E-state index contributed by atoms with van der Waals surface area (Å²) in [6.45, 7) is 4.37.